The van der Waals surface area contributed by atoms with Gasteiger partial charge in [0.15, 0.2) is 0 Å². The van der Waals surface area contributed by atoms with Crippen molar-refractivity contribution in [3.63, 3.8) is 0 Å². The second-order valence-electron chi connectivity index (χ2n) is 10.4. The standard InChI is InChI=1S/C30H38N8O5/c31-17-1-5-21(23(35)9-17)29(39,15-42-27-7-3-19(33)11-25(27)37)13-41-14-30(40,22-6-2-18(32)10-24(22)36)16-43-28-8-4-20(34)12-26(28)38/h1-12,39-40H,13-16,31-38H2. The van der Waals surface area contributed by atoms with Gasteiger partial charge in [0.2, 0.25) is 0 Å². The van der Waals surface area contributed by atoms with E-state index in [1.165, 1.54) is 24.3 Å². The normalized spacial score (nSPS) is 14.0. The number of anilines is 8. The van der Waals surface area contributed by atoms with E-state index in [0.29, 0.717) is 34.2 Å². The van der Waals surface area contributed by atoms with Gasteiger partial charge in [0.25, 0.3) is 0 Å². The van der Waals surface area contributed by atoms with E-state index in [4.69, 9.17) is 60.1 Å². The summed E-state index contributed by atoms with van der Waals surface area (Å²) < 4.78 is 17.7. The minimum atomic E-state index is -1.82. The van der Waals surface area contributed by atoms with E-state index in [0.717, 1.165) is 0 Å². The highest BCUT2D eigenvalue weighted by Crippen LogP contribution is 2.35. The largest absolute Gasteiger partial charge is 0.488 e. The molecule has 4 aromatic rings. The fraction of sp³-hybridized carbons (Fsp3) is 0.200. The van der Waals surface area contributed by atoms with E-state index in [1.807, 2.05) is 0 Å². The third-order valence-electron chi connectivity index (χ3n) is 6.84. The van der Waals surface area contributed by atoms with Crippen molar-refractivity contribution in [3.8, 4) is 11.5 Å². The van der Waals surface area contributed by atoms with Crippen molar-refractivity contribution in [2.75, 3.05) is 72.3 Å². The first-order valence-electron chi connectivity index (χ1n) is 13.2. The molecule has 0 radical (unpaired) electrons. The Morgan fingerprint density at radius 2 is 0.767 bits per heavy atom. The highest BCUT2D eigenvalue weighted by Gasteiger charge is 2.38. The van der Waals surface area contributed by atoms with Crippen LogP contribution < -0.4 is 55.3 Å². The Morgan fingerprint density at radius 1 is 0.442 bits per heavy atom. The first kappa shape index (κ1) is 30.7. The molecule has 228 valence electrons. The molecule has 0 bridgehead atoms. The van der Waals surface area contributed by atoms with Crippen LogP contribution in [0.15, 0.2) is 72.8 Å². The lowest BCUT2D eigenvalue weighted by Gasteiger charge is -2.33. The van der Waals surface area contributed by atoms with Crippen LogP contribution >= 0.6 is 0 Å². The summed E-state index contributed by atoms with van der Waals surface area (Å²) in [5.41, 5.74) is 47.5. The molecule has 0 spiro atoms. The molecule has 13 nitrogen and oxygen atoms in total. The highest BCUT2D eigenvalue weighted by molar-refractivity contribution is 5.63. The first-order valence-corrected chi connectivity index (χ1v) is 13.2. The second kappa shape index (κ2) is 12.3. The molecular weight excluding hydrogens is 552 g/mol. The number of rotatable bonds is 12. The molecule has 4 rings (SSSR count). The molecule has 43 heavy (non-hydrogen) atoms. The van der Waals surface area contributed by atoms with Crippen LogP contribution in [0.3, 0.4) is 0 Å². The first-order chi connectivity index (χ1) is 20.3. The summed E-state index contributed by atoms with van der Waals surface area (Å²) >= 11 is 0. The van der Waals surface area contributed by atoms with Crippen molar-refractivity contribution in [3.05, 3.63) is 83.9 Å². The lowest BCUT2D eigenvalue weighted by molar-refractivity contribution is -0.124. The summed E-state index contributed by atoms with van der Waals surface area (Å²) in [5.74, 6) is 0.588. The summed E-state index contributed by atoms with van der Waals surface area (Å²) in [6, 6.07) is 18.8. The number of benzene rings is 4. The molecule has 0 aliphatic carbocycles. The zero-order valence-electron chi connectivity index (χ0n) is 23.5. The van der Waals surface area contributed by atoms with E-state index in [1.54, 1.807) is 48.5 Å². The van der Waals surface area contributed by atoms with Gasteiger partial charge in [0.1, 0.15) is 35.9 Å². The average molecular weight is 591 g/mol. The summed E-state index contributed by atoms with van der Waals surface area (Å²) in [4.78, 5) is 0. The maximum absolute atomic E-state index is 11.9. The van der Waals surface area contributed by atoms with Crippen LogP contribution in [-0.2, 0) is 15.9 Å². The lowest BCUT2D eigenvalue weighted by atomic mass is 9.92. The molecule has 0 aliphatic rings. The molecule has 2 atom stereocenters. The Morgan fingerprint density at radius 3 is 1.09 bits per heavy atom. The van der Waals surface area contributed by atoms with Gasteiger partial charge >= 0.3 is 0 Å². The van der Waals surface area contributed by atoms with Gasteiger partial charge in [-0.25, -0.2) is 0 Å². The van der Waals surface area contributed by atoms with Crippen LogP contribution in [0.25, 0.3) is 0 Å². The number of hydrogen-bond donors (Lipinski definition) is 10. The van der Waals surface area contributed by atoms with Crippen molar-refractivity contribution in [1.82, 2.24) is 0 Å². The molecule has 0 amide bonds. The highest BCUT2D eigenvalue weighted by atomic mass is 16.5. The number of ether oxygens (including phenoxy) is 3. The van der Waals surface area contributed by atoms with E-state index >= 15 is 0 Å². The molecule has 2 unspecified atom stereocenters. The molecule has 0 aliphatic heterocycles. The van der Waals surface area contributed by atoms with E-state index < -0.39 is 11.2 Å². The molecular formula is C30H38N8O5. The zero-order valence-corrected chi connectivity index (χ0v) is 23.5. The lowest BCUT2D eigenvalue weighted by Crippen LogP contribution is -2.43. The van der Waals surface area contributed by atoms with Crippen molar-refractivity contribution < 1.29 is 24.4 Å². The third kappa shape index (κ3) is 7.16. The molecule has 0 saturated carbocycles. The van der Waals surface area contributed by atoms with Crippen LogP contribution in [0.4, 0.5) is 45.5 Å². The molecule has 0 heterocycles. The Bertz CT molecular complexity index is 1490. The van der Waals surface area contributed by atoms with Crippen molar-refractivity contribution in [2.24, 2.45) is 0 Å². The van der Waals surface area contributed by atoms with Gasteiger partial charge in [-0.2, -0.15) is 0 Å². The second-order valence-corrected chi connectivity index (χ2v) is 10.4. The average Bonchev–Trinajstić information content (AvgIpc) is 2.92. The summed E-state index contributed by atoms with van der Waals surface area (Å²) in [5, 5.41) is 23.7. The summed E-state index contributed by atoms with van der Waals surface area (Å²) in [6.45, 7) is -1.40. The predicted octanol–water partition coefficient (Wildman–Crippen LogP) is 1.59. The topological polar surface area (TPSA) is 276 Å². The van der Waals surface area contributed by atoms with Gasteiger partial charge in [0.05, 0.1) is 24.6 Å². The van der Waals surface area contributed by atoms with Gasteiger partial charge in [0, 0.05) is 45.3 Å². The molecule has 0 fully saturated rings. The third-order valence-corrected chi connectivity index (χ3v) is 6.84. The molecule has 4 aromatic carbocycles. The van der Waals surface area contributed by atoms with Crippen LogP contribution in [0.1, 0.15) is 11.1 Å². The van der Waals surface area contributed by atoms with Gasteiger partial charge < -0.3 is 70.3 Å². The number of aliphatic hydroxyl groups is 2. The van der Waals surface area contributed by atoms with Crippen molar-refractivity contribution in [1.29, 1.82) is 0 Å². The van der Waals surface area contributed by atoms with Crippen LogP contribution in [0.2, 0.25) is 0 Å². The molecule has 0 saturated heterocycles. The maximum Gasteiger partial charge on any atom is 0.149 e. The van der Waals surface area contributed by atoms with Gasteiger partial charge in [-0.3, -0.25) is 0 Å². The quantitative estimate of drug-likeness (QED) is 0.105. The summed E-state index contributed by atoms with van der Waals surface area (Å²) in [7, 11) is 0. The van der Waals surface area contributed by atoms with Gasteiger partial charge in [-0.1, -0.05) is 12.1 Å². The molecule has 0 aromatic heterocycles. The monoisotopic (exact) mass is 590 g/mol. The van der Waals surface area contributed by atoms with Crippen LogP contribution in [0, 0.1) is 0 Å². The van der Waals surface area contributed by atoms with E-state index in [-0.39, 0.29) is 60.3 Å². The minimum absolute atomic E-state index is 0.208. The van der Waals surface area contributed by atoms with Crippen molar-refractivity contribution in [2.45, 2.75) is 11.2 Å². The minimum Gasteiger partial charge on any atom is -0.488 e. The number of nitrogen functional groups attached to an aromatic ring is 8. The maximum atomic E-state index is 11.9. The molecule has 18 N–H and O–H groups in total. The zero-order chi connectivity index (χ0) is 31.4. The fourth-order valence-corrected chi connectivity index (χ4v) is 4.58. The van der Waals surface area contributed by atoms with Crippen LogP contribution in [-0.4, -0.2) is 36.6 Å². The predicted molar refractivity (Wildman–Crippen MR) is 171 cm³/mol. The van der Waals surface area contributed by atoms with Gasteiger partial charge in [-0.15, -0.1) is 0 Å². The number of hydrogen-bond acceptors (Lipinski definition) is 13. The smallest absolute Gasteiger partial charge is 0.149 e. The Kier molecular flexibility index (Phi) is 8.80. The number of nitrogens with two attached hydrogens (primary N) is 8. The van der Waals surface area contributed by atoms with Crippen molar-refractivity contribution >= 4 is 45.5 Å². The Labute approximate surface area is 248 Å². The van der Waals surface area contributed by atoms with Gasteiger partial charge in [-0.05, 0) is 60.7 Å². The fourth-order valence-electron chi connectivity index (χ4n) is 4.58. The Hall–Kier alpha value is -5.24. The Balaban J connectivity index is 1.61. The van der Waals surface area contributed by atoms with Crippen LogP contribution in [0.5, 0.6) is 11.5 Å². The van der Waals surface area contributed by atoms with E-state index in [2.05, 4.69) is 0 Å². The summed E-state index contributed by atoms with van der Waals surface area (Å²) in [6.07, 6.45) is 0. The van der Waals surface area contributed by atoms with E-state index in [9.17, 15) is 10.2 Å². The SMILES string of the molecule is Nc1ccc(OCC(O)(COCC(O)(COc2ccc(N)cc2N)c2ccc(N)cc2N)c2ccc(N)cc2N)c(N)c1. The molecule has 13 heteroatoms.